The van der Waals surface area contributed by atoms with Gasteiger partial charge in [-0.2, -0.15) is 0 Å². The van der Waals surface area contributed by atoms with Gasteiger partial charge in [0.2, 0.25) is 0 Å². The van der Waals surface area contributed by atoms with Crippen LogP contribution < -0.4 is 0 Å². The Hall–Kier alpha value is 0.177. The molecule has 0 amide bonds. The lowest BCUT2D eigenvalue weighted by atomic mass is 10.9. The first-order chi connectivity index (χ1) is 3.68. The molecule has 0 spiro atoms. The molecule has 0 rings (SSSR count). The number of hydrogen-bond acceptors (Lipinski definition) is 1. The van der Waals surface area contributed by atoms with Crippen LogP contribution in [0.25, 0.3) is 0 Å². The molecule has 0 aliphatic rings. The van der Waals surface area contributed by atoms with Crippen LogP contribution in [-0.2, 0) is 4.43 Å². The first-order valence-electron chi connectivity index (χ1n) is 3.02. The lowest BCUT2D eigenvalue weighted by Crippen LogP contribution is -2.31. The summed E-state index contributed by atoms with van der Waals surface area (Å²) in [5, 5.41) is 0. The monoisotopic (exact) mass is 130 g/mol. The summed E-state index contributed by atoms with van der Waals surface area (Å²) in [5.74, 6) is 0. The second-order valence-electron chi connectivity index (χ2n) is 1.98. The zero-order valence-electron chi connectivity index (χ0n) is 5.90. The molecule has 0 saturated heterocycles. The third kappa shape index (κ3) is 1.97. The minimum Gasteiger partial charge on any atom is -0.420 e. The summed E-state index contributed by atoms with van der Waals surface area (Å²) in [6, 6.07) is 2.03. The highest BCUT2D eigenvalue weighted by Gasteiger charge is 2.21. The second kappa shape index (κ2) is 3.25. The van der Waals surface area contributed by atoms with Crippen LogP contribution in [0.2, 0.25) is 12.1 Å². The summed E-state index contributed by atoms with van der Waals surface area (Å²) in [6.07, 6.45) is 0. The molecule has 0 aliphatic carbocycles. The molecule has 8 heavy (non-hydrogen) atoms. The van der Waals surface area contributed by atoms with Crippen molar-refractivity contribution in [3.8, 4) is 0 Å². The molecule has 0 atom stereocenters. The van der Waals surface area contributed by atoms with Gasteiger partial charge in [0.25, 0.3) is 0 Å². The molecule has 0 aromatic heterocycles. The van der Waals surface area contributed by atoms with Crippen LogP contribution in [-0.4, -0.2) is 15.4 Å². The van der Waals surface area contributed by atoms with Crippen molar-refractivity contribution >= 4 is 8.32 Å². The molecule has 0 bridgehead atoms. The van der Waals surface area contributed by atoms with Crippen LogP contribution in [0.15, 0.2) is 0 Å². The average Bonchev–Trinajstić information content (AvgIpc) is 1.87. The zero-order valence-corrected chi connectivity index (χ0v) is 6.90. The maximum atomic E-state index is 5.81. The van der Waals surface area contributed by atoms with Gasteiger partial charge >= 0.3 is 0 Å². The molecule has 0 unspecified atom stereocenters. The molecule has 0 fully saturated rings. The zero-order chi connectivity index (χ0) is 6.62. The van der Waals surface area contributed by atoms with Gasteiger partial charge < -0.3 is 4.43 Å². The van der Waals surface area contributed by atoms with Crippen LogP contribution in [0.4, 0.5) is 0 Å². The van der Waals surface area contributed by atoms with Crippen molar-refractivity contribution in [3.63, 3.8) is 0 Å². The fourth-order valence-electron chi connectivity index (χ4n) is 0.539. The van der Waals surface area contributed by atoms with Crippen molar-refractivity contribution < 1.29 is 4.43 Å². The molecular weight excluding hydrogens is 116 g/mol. The Morgan fingerprint density at radius 1 is 1.38 bits per heavy atom. The van der Waals surface area contributed by atoms with Crippen molar-refractivity contribution in [2.75, 3.05) is 7.11 Å². The van der Waals surface area contributed by atoms with E-state index >= 15 is 0 Å². The predicted octanol–water partition coefficient (Wildman–Crippen LogP) is 1.87. The van der Waals surface area contributed by atoms with E-state index < -0.39 is 8.32 Å². The van der Waals surface area contributed by atoms with E-state index in [2.05, 4.69) is 13.8 Å². The maximum absolute atomic E-state index is 5.81. The molecule has 0 saturated carbocycles. The highest BCUT2D eigenvalue weighted by Crippen LogP contribution is 2.12. The van der Waals surface area contributed by atoms with Gasteiger partial charge in [0.05, 0.1) is 0 Å². The van der Waals surface area contributed by atoms with Crippen LogP contribution in [0, 0.1) is 6.55 Å². The SMILES string of the molecule is [CH][Si](CC)(CC)OC. The summed E-state index contributed by atoms with van der Waals surface area (Å²) in [7, 11) is 0.0363. The first kappa shape index (κ1) is 8.18. The number of hydrogen-bond donors (Lipinski definition) is 0. The molecule has 2 radical (unpaired) electrons. The molecule has 48 valence electrons. The smallest absolute Gasteiger partial charge is 0.194 e. The van der Waals surface area contributed by atoms with E-state index in [0.717, 1.165) is 12.1 Å². The minimum atomic E-state index is -1.67. The third-order valence-corrected chi connectivity index (χ3v) is 4.81. The molecule has 1 nitrogen and oxygen atoms in total. The molecular formula is C6H14OSi. The highest BCUT2D eigenvalue weighted by molar-refractivity contribution is 6.75. The van der Waals surface area contributed by atoms with Crippen LogP contribution >= 0.6 is 0 Å². The standard InChI is InChI=1S/C6H14OSi/c1-5-8(4,6-2)7-3/h4H,5-6H2,1-3H3. The van der Waals surface area contributed by atoms with E-state index in [1.54, 1.807) is 7.11 Å². The molecule has 0 N–H and O–H groups in total. The molecule has 0 heterocycles. The van der Waals surface area contributed by atoms with Crippen molar-refractivity contribution in [1.82, 2.24) is 0 Å². The van der Waals surface area contributed by atoms with Crippen LogP contribution in [0.3, 0.4) is 0 Å². The maximum Gasteiger partial charge on any atom is 0.194 e. The fourth-order valence-corrected chi connectivity index (χ4v) is 1.62. The summed E-state index contributed by atoms with van der Waals surface area (Å²) in [6.45, 7) is 9.98. The Kier molecular flexibility index (Phi) is 3.32. The van der Waals surface area contributed by atoms with Gasteiger partial charge in [-0.3, -0.25) is 0 Å². The van der Waals surface area contributed by atoms with E-state index in [4.69, 9.17) is 11.0 Å². The fraction of sp³-hybridized carbons (Fsp3) is 0.833. The topological polar surface area (TPSA) is 9.23 Å². The largest absolute Gasteiger partial charge is 0.420 e. The van der Waals surface area contributed by atoms with E-state index in [9.17, 15) is 0 Å². The van der Waals surface area contributed by atoms with E-state index in [1.165, 1.54) is 0 Å². The average molecular weight is 130 g/mol. The van der Waals surface area contributed by atoms with Crippen LogP contribution in [0.5, 0.6) is 0 Å². The minimum absolute atomic E-state index is 1.01. The van der Waals surface area contributed by atoms with Gasteiger partial charge in [-0.15, -0.1) is 0 Å². The van der Waals surface area contributed by atoms with Crippen molar-refractivity contribution in [3.05, 3.63) is 6.55 Å². The lowest BCUT2D eigenvalue weighted by Gasteiger charge is -2.20. The molecule has 0 aliphatic heterocycles. The summed E-state index contributed by atoms with van der Waals surface area (Å²) < 4.78 is 5.15. The predicted molar refractivity (Wildman–Crippen MR) is 38.0 cm³/mol. The van der Waals surface area contributed by atoms with Gasteiger partial charge in [-0.05, 0) is 18.6 Å². The van der Waals surface area contributed by atoms with E-state index in [-0.39, 0.29) is 0 Å². The Morgan fingerprint density at radius 3 is 1.75 bits per heavy atom. The molecule has 0 aromatic carbocycles. The van der Waals surface area contributed by atoms with Gasteiger partial charge in [0, 0.05) is 7.11 Å². The van der Waals surface area contributed by atoms with Gasteiger partial charge in [-0.25, -0.2) is 0 Å². The Bertz CT molecular complexity index is 51.3. The normalized spacial score (nSPS) is 12.0. The van der Waals surface area contributed by atoms with E-state index in [1.807, 2.05) is 0 Å². The van der Waals surface area contributed by atoms with Crippen molar-refractivity contribution in [2.24, 2.45) is 0 Å². The summed E-state index contributed by atoms with van der Waals surface area (Å²) in [5.41, 5.74) is 0. The molecule has 2 heteroatoms. The Morgan fingerprint density at radius 2 is 1.75 bits per heavy atom. The summed E-state index contributed by atoms with van der Waals surface area (Å²) in [4.78, 5) is 0. The van der Waals surface area contributed by atoms with Crippen LogP contribution in [0.1, 0.15) is 13.8 Å². The van der Waals surface area contributed by atoms with Crippen molar-refractivity contribution in [1.29, 1.82) is 0 Å². The second-order valence-corrected chi connectivity index (χ2v) is 5.93. The molecule has 0 aromatic rings. The van der Waals surface area contributed by atoms with Gasteiger partial charge in [0.15, 0.2) is 8.32 Å². The first-order valence-corrected chi connectivity index (χ1v) is 5.42. The number of rotatable bonds is 3. The van der Waals surface area contributed by atoms with Crippen molar-refractivity contribution in [2.45, 2.75) is 25.9 Å². The lowest BCUT2D eigenvalue weighted by molar-refractivity contribution is 0.403. The quantitative estimate of drug-likeness (QED) is 0.530. The van der Waals surface area contributed by atoms with Gasteiger partial charge in [-0.1, -0.05) is 13.8 Å². The third-order valence-electron chi connectivity index (χ3n) is 1.60. The Labute approximate surface area is 53.2 Å². The van der Waals surface area contributed by atoms with Gasteiger partial charge in [0.1, 0.15) is 0 Å². The van der Waals surface area contributed by atoms with E-state index in [0.29, 0.717) is 0 Å². The Balaban J connectivity index is 3.58. The summed E-state index contributed by atoms with van der Waals surface area (Å²) >= 11 is 0. The highest BCUT2D eigenvalue weighted by atomic mass is 28.4.